The van der Waals surface area contributed by atoms with Gasteiger partial charge in [0, 0.05) is 31.4 Å². The zero-order chi connectivity index (χ0) is 13.8. The smallest absolute Gasteiger partial charge is 0.145 e. The number of carbonyl (C=O) groups excluding carboxylic acids is 1. The number of hydrogen-bond acceptors (Lipinski definition) is 3. The third kappa shape index (κ3) is 3.09. The zero-order valence-electron chi connectivity index (χ0n) is 11.3. The number of aryl methyl sites for hydroxylation is 1. The molecule has 2 aromatic rings. The Balaban J connectivity index is 2.05. The molecule has 100 valence electrons. The Kier molecular flexibility index (Phi) is 4.12. The molecule has 0 aliphatic rings. The van der Waals surface area contributed by atoms with Crippen LogP contribution in [0, 0.1) is 5.92 Å². The van der Waals surface area contributed by atoms with E-state index in [2.05, 4.69) is 4.98 Å². The summed E-state index contributed by atoms with van der Waals surface area (Å²) in [7, 11) is 1.89. The van der Waals surface area contributed by atoms with Crippen LogP contribution in [0.3, 0.4) is 0 Å². The van der Waals surface area contributed by atoms with Gasteiger partial charge in [-0.25, -0.2) is 4.98 Å². The minimum Gasteiger partial charge on any atom is -0.338 e. The monoisotopic (exact) mass is 257 g/mol. The maximum Gasteiger partial charge on any atom is 0.145 e. The Morgan fingerprint density at radius 1 is 1.37 bits per heavy atom. The van der Waals surface area contributed by atoms with Crippen LogP contribution in [0.25, 0.3) is 0 Å². The summed E-state index contributed by atoms with van der Waals surface area (Å²) in [5.41, 5.74) is 7.15. The molecule has 0 saturated carbocycles. The predicted molar refractivity (Wildman–Crippen MR) is 74.5 cm³/mol. The van der Waals surface area contributed by atoms with Crippen LogP contribution in [-0.2, 0) is 18.3 Å². The van der Waals surface area contributed by atoms with Crippen LogP contribution < -0.4 is 5.73 Å². The number of imidazole rings is 1. The fourth-order valence-electron chi connectivity index (χ4n) is 2.05. The van der Waals surface area contributed by atoms with Crippen molar-refractivity contribution in [2.75, 3.05) is 0 Å². The van der Waals surface area contributed by atoms with Crippen molar-refractivity contribution >= 4 is 5.78 Å². The second-order valence-electron chi connectivity index (χ2n) is 4.82. The molecule has 2 atom stereocenters. The normalized spacial score (nSPS) is 14.1. The van der Waals surface area contributed by atoms with Gasteiger partial charge in [-0.15, -0.1) is 0 Å². The number of nitrogens with two attached hydrogens (primary N) is 1. The van der Waals surface area contributed by atoms with Gasteiger partial charge in [-0.05, 0) is 5.56 Å². The molecule has 2 rings (SSSR count). The Morgan fingerprint density at radius 2 is 2.05 bits per heavy atom. The van der Waals surface area contributed by atoms with Gasteiger partial charge in [0.2, 0.25) is 0 Å². The molecule has 0 radical (unpaired) electrons. The van der Waals surface area contributed by atoms with Crippen molar-refractivity contribution in [3.8, 4) is 0 Å². The van der Waals surface area contributed by atoms with Crippen LogP contribution in [0.5, 0.6) is 0 Å². The fourth-order valence-corrected chi connectivity index (χ4v) is 2.05. The first-order valence-corrected chi connectivity index (χ1v) is 6.39. The summed E-state index contributed by atoms with van der Waals surface area (Å²) < 4.78 is 1.86. The van der Waals surface area contributed by atoms with Gasteiger partial charge in [-0.3, -0.25) is 4.79 Å². The summed E-state index contributed by atoms with van der Waals surface area (Å²) in [4.78, 5) is 16.4. The van der Waals surface area contributed by atoms with Gasteiger partial charge in [-0.2, -0.15) is 0 Å². The first-order valence-electron chi connectivity index (χ1n) is 6.39. The second kappa shape index (κ2) is 5.80. The van der Waals surface area contributed by atoms with Gasteiger partial charge < -0.3 is 10.3 Å². The highest BCUT2D eigenvalue weighted by Gasteiger charge is 2.23. The molecular formula is C15H19N3O. The molecule has 0 fully saturated rings. The van der Waals surface area contributed by atoms with E-state index in [0.29, 0.717) is 6.42 Å². The van der Waals surface area contributed by atoms with Crippen molar-refractivity contribution in [1.82, 2.24) is 9.55 Å². The second-order valence-corrected chi connectivity index (χ2v) is 4.82. The van der Waals surface area contributed by atoms with E-state index in [1.54, 1.807) is 6.20 Å². The Morgan fingerprint density at radius 3 is 2.63 bits per heavy atom. The average Bonchev–Trinajstić information content (AvgIpc) is 2.83. The van der Waals surface area contributed by atoms with Gasteiger partial charge in [0.25, 0.3) is 0 Å². The quantitative estimate of drug-likeness (QED) is 0.889. The largest absolute Gasteiger partial charge is 0.338 e. The van der Waals surface area contributed by atoms with Crippen molar-refractivity contribution in [3.63, 3.8) is 0 Å². The summed E-state index contributed by atoms with van der Waals surface area (Å²) >= 11 is 0. The fraction of sp³-hybridized carbons (Fsp3) is 0.333. The highest BCUT2D eigenvalue weighted by molar-refractivity contribution is 5.83. The van der Waals surface area contributed by atoms with Gasteiger partial charge in [0.05, 0.1) is 6.42 Å². The molecule has 2 unspecified atom stereocenters. The molecule has 1 heterocycles. The van der Waals surface area contributed by atoms with E-state index < -0.39 is 0 Å². The molecule has 1 aromatic heterocycles. The van der Waals surface area contributed by atoms with Crippen molar-refractivity contribution in [3.05, 3.63) is 54.1 Å². The molecule has 19 heavy (non-hydrogen) atoms. The Hall–Kier alpha value is -1.94. The van der Waals surface area contributed by atoms with Crippen LogP contribution in [-0.4, -0.2) is 15.3 Å². The average molecular weight is 257 g/mol. The van der Waals surface area contributed by atoms with Crippen LogP contribution >= 0.6 is 0 Å². The summed E-state index contributed by atoms with van der Waals surface area (Å²) in [6.45, 7) is 1.88. The minimum atomic E-state index is -0.269. The lowest BCUT2D eigenvalue weighted by Gasteiger charge is -2.19. The van der Waals surface area contributed by atoms with Crippen LogP contribution in [0.15, 0.2) is 42.7 Å². The molecular weight excluding hydrogens is 238 g/mol. The van der Waals surface area contributed by atoms with Gasteiger partial charge >= 0.3 is 0 Å². The van der Waals surface area contributed by atoms with Crippen molar-refractivity contribution in [2.45, 2.75) is 19.4 Å². The molecule has 0 amide bonds. The third-order valence-corrected chi connectivity index (χ3v) is 3.48. The Labute approximate surface area is 113 Å². The van der Waals surface area contributed by atoms with E-state index in [9.17, 15) is 4.79 Å². The molecule has 0 aliphatic heterocycles. The van der Waals surface area contributed by atoms with E-state index in [-0.39, 0.29) is 17.7 Å². The number of Topliss-reactive ketones (excluding diaryl/α,β-unsaturated/α-hetero) is 1. The first kappa shape index (κ1) is 13.5. The summed E-state index contributed by atoms with van der Waals surface area (Å²) in [5, 5.41) is 0. The van der Waals surface area contributed by atoms with E-state index in [1.807, 2.05) is 55.1 Å². The molecule has 4 nitrogen and oxygen atoms in total. The summed E-state index contributed by atoms with van der Waals surface area (Å²) in [6, 6.07) is 9.45. The lowest BCUT2D eigenvalue weighted by atomic mass is 9.90. The van der Waals surface area contributed by atoms with Crippen LogP contribution in [0.2, 0.25) is 0 Å². The summed E-state index contributed by atoms with van der Waals surface area (Å²) in [6.07, 6.45) is 3.86. The lowest BCUT2D eigenvalue weighted by molar-refractivity contribution is -0.122. The first-order chi connectivity index (χ1) is 9.09. The van der Waals surface area contributed by atoms with Crippen molar-refractivity contribution in [2.24, 2.45) is 18.7 Å². The van der Waals surface area contributed by atoms with E-state index in [4.69, 9.17) is 5.73 Å². The standard InChI is InChI=1S/C15H19N3O/c1-11(15(16)12-6-4-3-5-7-12)13(19)10-14-17-8-9-18(14)2/h3-9,11,15H,10,16H2,1-2H3. The number of benzene rings is 1. The topological polar surface area (TPSA) is 60.9 Å². The maximum atomic E-state index is 12.2. The molecule has 4 heteroatoms. The van der Waals surface area contributed by atoms with Crippen LogP contribution in [0.1, 0.15) is 24.4 Å². The maximum absolute atomic E-state index is 12.2. The minimum absolute atomic E-state index is 0.116. The van der Waals surface area contributed by atoms with Crippen molar-refractivity contribution < 1.29 is 4.79 Å². The van der Waals surface area contributed by atoms with Crippen molar-refractivity contribution in [1.29, 1.82) is 0 Å². The number of aromatic nitrogens is 2. The molecule has 0 saturated heterocycles. The highest BCUT2D eigenvalue weighted by Crippen LogP contribution is 2.20. The number of hydrogen-bond donors (Lipinski definition) is 1. The molecule has 2 N–H and O–H groups in total. The SMILES string of the molecule is CC(C(=O)Cc1nccn1C)C(N)c1ccccc1. The van der Waals surface area contributed by atoms with E-state index in [1.165, 1.54) is 0 Å². The highest BCUT2D eigenvalue weighted by atomic mass is 16.1. The number of carbonyl (C=O) groups is 1. The lowest BCUT2D eigenvalue weighted by Crippen LogP contribution is -2.27. The Bertz CT molecular complexity index is 548. The predicted octanol–water partition coefficient (Wildman–Crippen LogP) is 1.87. The third-order valence-electron chi connectivity index (χ3n) is 3.48. The zero-order valence-corrected chi connectivity index (χ0v) is 11.3. The molecule has 1 aromatic carbocycles. The molecule has 0 aliphatic carbocycles. The summed E-state index contributed by atoms with van der Waals surface area (Å²) in [5.74, 6) is 0.668. The van der Waals surface area contributed by atoms with Gasteiger partial charge in [0.1, 0.15) is 11.6 Å². The molecule has 0 spiro atoms. The van der Waals surface area contributed by atoms with Crippen LogP contribution in [0.4, 0.5) is 0 Å². The van der Waals surface area contributed by atoms with Gasteiger partial charge in [-0.1, -0.05) is 37.3 Å². The van der Waals surface area contributed by atoms with E-state index >= 15 is 0 Å². The number of ketones is 1. The van der Waals surface area contributed by atoms with E-state index in [0.717, 1.165) is 11.4 Å². The number of nitrogens with zero attached hydrogens (tertiary/aromatic N) is 2. The van der Waals surface area contributed by atoms with Gasteiger partial charge in [0.15, 0.2) is 0 Å². The molecule has 0 bridgehead atoms. The number of rotatable bonds is 5.